The van der Waals surface area contributed by atoms with Gasteiger partial charge in [0.15, 0.2) is 5.03 Å². The van der Waals surface area contributed by atoms with E-state index < -0.39 is 22.0 Å². The van der Waals surface area contributed by atoms with Crippen LogP contribution in [0, 0.1) is 12.8 Å². The fourth-order valence-electron chi connectivity index (χ4n) is 3.65. The third-order valence-corrected chi connectivity index (χ3v) is 7.09. The average Bonchev–Trinajstić information content (AvgIpc) is 3.22. The van der Waals surface area contributed by atoms with E-state index in [0.717, 1.165) is 0 Å². The van der Waals surface area contributed by atoms with Gasteiger partial charge >= 0.3 is 5.97 Å². The third-order valence-electron chi connectivity index (χ3n) is 5.31. The highest BCUT2D eigenvalue weighted by Gasteiger charge is 2.39. The second-order valence-electron chi connectivity index (χ2n) is 6.94. The second kappa shape index (κ2) is 6.99. The second-order valence-corrected chi connectivity index (χ2v) is 8.83. The lowest BCUT2D eigenvalue weighted by atomic mass is 9.96. The Balaban J connectivity index is 1.65. The van der Waals surface area contributed by atoms with E-state index in [-0.39, 0.29) is 29.9 Å². The van der Waals surface area contributed by atoms with Crippen LogP contribution in [-0.4, -0.2) is 69.8 Å². The van der Waals surface area contributed by atoms with E-state index >= 15 is 0 Å². The number of carboxylic acids is 1. The summed E-state index contributed by atoms with van der Waals surface area (Å²) in [5, 5.41) is 9.26. The monoisotopic (exact) mass is 384 g/mol. The van der Waals surface area contributed by atoms with Gasteiger partial charge in [-0.05, 0) is 32.6 Å². The van der Waals surface area contributed by atoms with Crippen LogP contribution in [0.15, 0.2) is 11.2 Å². The minimum absolute atomic E-state index is 0.0211. The molecule has 144 valence electrons. The molecule has 0 aromatic carbocycles. The molecule has 0 spiro atoms. The Bertz CT molecular complexity index is 791. The Morgan fingerprint density at radius 2 is 1.85 bits per heavy atom. The number of hydrogen-bond acceptors (Lipinski definition) is 5. The topological polar surface area (TPSA) is 113 Å². The van der Waals surface area contributed by atoms with Gasteiger partial charge in [0.25, 0.3) is 10.0 Å². The number of rotatable bonds is 4. The first-order valence-electron chi connectivity index (χ1n) is 8.75. The first kappa shape index (κ1) is 18.8. The number of amides is 1. The van der Waals surface area contributed by atoms with Crippen LogP contribution in [0.1, 0.15) is 31.5 Å². The van der Waals surface area contributed by atoms with Gasteiger partial charge in [0.2, 0.25) is 5.91 Å². The standard InChI is InChI=1S/C16H24N4O5S/c1-11-17-14(10-18(11)2)26(24,25)19-8-5-12(6-9-19)15(21)20-7-3-4-13(20)16(22)23/h10,12-13H,3-9H2,1-2H3,(H,22,23). The van der Waals surface area contributed by atoms with Gasteiger partial charge in [-0.2, -0.15) is 4.31 Å². The van der Waals surface area contributed by atoms with Gasteiger partial charge in [0.05, 0.1) is 0 Å². The molecule has 1 aromatic rings. The number of hydrogen-bond donors (Lipinski definition) is 1. The molecule has 2 aliphatic rings. The highest BCUT2D eigenvalue weighted by atomic mass is 32.2. The predicted molar refractivity (Wildman–Crippen MR) is 91.8 cm³/mol. The van der Waals surface area contributed by atoms with Crippen molar-refractivity contribution in [2.24, 2.45) is 13.0 Å². The fourth-order valence-corrected chi connectivity index (χ4v) is 5.14. The molecular weight excluding hydrogens is 360 g/mol. The summed E-state index contributed by atoms with van der Waals surface area (Å²) in [6, 6.07) is -0.749. The molecule has 0 bridgehead atoms. The zero-order valence-electron chi connectivity index (χ0n) is 15.0. The Hall–Kier alpha value is -1.94. The number of nitrogens with zero attached hydrogens (tertiary/aromatic N) is 4. The summed E-state index contributed by atoms with van der Waals surface area (Å²) < 4.78 is 28.4. The number of imidazole rings is 1. The normalized spacial score (nSPS) is 22.7. The van der Waals surface area contributed by atoms with E-state index in [2.05, 4.69) is 4.98 Å². The Morgan fingerprint density at radius 3 is 2.38 bits per heavy atom. The van der Waals surface area contributed by atoms with E-state index in [4.69, 9.17) is 0 Å². The quantitative estimate of drug-likeness (QED) is 0.794. The fraction of sp³-hybridized carbons (Fsp3) is 0.688. The molecule has 1 N–H and O–H groups in total. The molecule has 1 aromatic heterocycles. The maximum Gasteiger partial charge on any atom is 0.326 e. The van der Waals surface area contributed by atoms with Crippen LogP contribution < -0.4 is 0 Å². The number of carbonyl (C=O) groups excluding carboxylic acids is 1. The number of aryl methyl sites for hydroxylation is 2. The predicted octanol–water partition coefficient (Wildman–Crippen LogP) is 0.205. The van der Waals surface area contributed by atoms with Gasteiger partial charge in [0.1, 0.15) is 11.9 Å². The Labute approximate surface area is 152 Å². The van der Waals surface area contributed by atoms with Crippen molar-refractivity contribution in [1.29, 1.82) is 0 Å². The van der Waals surface area contributed by atoms with Gasteiger partial charge in [-0.25, -0.2) is 18.2 Å². The Morgan fingerprint density at radius 1 is 1.19 bits per heavy atom. The molecule has 1 unspecified atom stereocenters. The third kappa shape index (κ3) is 3.35. The first-order valence-corrected chi connectivity index (χ1v) is 10.2. The SMILES string of the molecule is Cc1nc(S(=O)(=O)N2CCC(C(=O)N3CCCC3C(=O)O)CC2)cn1C. The van der Waals surface area contributed by atoms with Gasteiger partial charge in [0, 0.05) is 38.8 Å². The molecule has 2 saturated heterocycles. The van der Waals surface area contributed by atoms with Crippen LogP contribution in [-0.2, 0) is 26.7 Å². The molecule has 1 atom stereocenters. The molecule has 3 heterocycles. The van der Waals surface area contributed by atoms with E-state index in [1.54, 1.807) is 18.5 Å². The number of piperidine rings is 1. The van der Waals surface area contributed by atoms with E-state index in [1.165, 1.54) is 15.4 Å². The van der Waals surface area contributed by atoms with Crippen molar-refractivity contribution in [3.63, 3.8) is 0 Å². The number of likely N-dealkylation sites (tertiary alicyclic amines) is 1. The van der Waals surface area contributed by atoms with Gasteiger partial charge in [-0.1, -0.05) is 0 Å². The molecule has 0 aliphatic carbocycles. The number of carbonyl (C=O) groups is 2. The molecule has 0 saturated carbocycles. The lowest BCUT2D eigenvalue weighted by Crippen LogP contribution is -2.47. The van der Waals surface area contributed by atoms with Gasteiger partial charge in [-0.15, -0.1) is 0 Å². The van der Waals surface area contributed by atoms with Gasteiger partial charge < -0.3 is 14.6 Å². The highest BCUT2D eigenvalue weighted by Crippen LogP contribution is 2.27. The number of sulfonamides is 1. The van der Waals surface area contributed by atoms with Crippen molar-refractivity contribution < 1.29 is 23.1 Å². The summed E-state index contributed by atoms with van der Waals surface area (Å²) in [6.45, 7) is 2.67. The number of aromatic nitrogens is 2. The molecular formula is C16H24N4O5S. The molecule has 2 fully saturated rings. The van der Waals surface area contributed by atoms with Crippen LogP contribution in [0.5, 0.6) is 0 Å². The Kier molecular flexibility index (Phi) is 5.07. The lowest BCUT2D eigenvalue weighted by Gasteiger charge is -2.33. The van der Waals surface area contributed by atoms with Crippen molar-refractivity contribution >= 4 is 21.9 Å². The van der Waals surface area contributed by atoms with E-state index in [1.807, 2.05) is 0 Å². The lowest BCUT2D eigenvalue weighted by molar-refractivity contribution is -0.150. The van der Waals surface area contributed by atoms with Gasteiger partial charge in [-0.3, -0.25) is 4.79 Å². The van der Waals surface area contributed by atoms with E-state index in [0.29, 0.717) is 38.1 Å². The average molecular weight is 384 g/mol. The maximum absolute atomic E-state index is 12.7. The largest absolute Gasteiger partial charge is 0.480 e. The zero-order valence-corrected chi connectivity index (χ0v) is 15.8. The van der Waals surface area contributed by atoms with Crippen LogP contribution in [0.4, 0.5) is 0 Å². The summed E-state index contributed by atoms with van der Waals surface area (Å²) in [6.07, 6.45) is 3.45. The van der Waals surface area contributed by atoms with Crippen LogP contribution in [0.3, 0.4) is 0 Å². The number of carboxylic acid groups (broad SMARTS) is 1. The number of aliphatic carboxylic acids is 1. The highest BCUT2D eigenvalue weighted by molar-refractivity contribution is 7.89. The maximum atomic E-state index is 12.7. The molecule has 26 heavy (non-hydrogen) atoms. The van der Waals surface area contributed by atoms with Crippen molar-refractivity contribution in [1.82, 2.24) is 18.8 Å². The smallest absolute Gasteiger partial charge is 0.326 e. The summed E-state index contributed by atoms with van der Waals surface area (Å²) in [5.74, 6) is -0.851. The van der Waals surface area contributed by atoms with Crippen molar-refractivity contribution in [2.75, 3.05) is 19.6 Å². The summed E-state index contributed by atoms with van der Waals surface area (Å²) in [4.78, 5) is 29.5. The minimum Gasteiger partial charge on any atom is -0.480 e. The molecule has 3 rings (SSSR count). The zero-order chi connectivity index (χ0) is 19.1. The van der Waals surface area contributed by atoms with Crippen LogP contribution in [0.2, 0.25) is 0 Å². The molecule has 2 aliphatic heterocycles. The van der Waals surface area contributed by atoms with Crippen molar-refractivity contribution in [3.05, 3.63) is 12.0 Å². The van der Waals surface area contributed by atoms with Crippen molar-refractivity contribution in [2.45, 2.75) is 43.7 Å². The molecule has 0 radical (unpaired) electrons. The summed E-state index contributed by atoms with van der Waals surface area (Å²) in [5.41, 5.74) is 0. The van der Waals surface area contributed by atoms with Crippen molar-refractivity contribution in [3.8, 4) is 0 Å². The molecule has 1 amide bonds. The van der Waals surface area contributed by atoms with E-state index in [9.17, 15) is 23.1 Å². The summed E-state index contributed by atoms with van der Waals surface area (Å²) in [7, 11) is -1.94. The first-order chi connectivity index (χ1) is 12.2. The minimum atomic E-state index is -3.67. The summed E-state index contributed by atoms with van der Waals surface area (Å²) >= 11 is 0. The molecule has 9 nitrogen and oxygen atoms in total. The van der Waals surface area contributed by atoms with Crippen LogP contribution in [0.25, 0.3) is 0 Å². The van der Waals surface area contributed by atoms with Crippen LogP contribution >= 0.6 is 0 Å². The molecule has 10 heteroatoms.